The molecule has 120 valence electrons. The van der Waals surface area contributed by atoms with Crippen LogP contribution in [0.15, 0.2) is 12.4 Å². The van der Waals surface area contributed by atoms with Crippen molar-refractivity contribution in [2.75, 3.05) is 6.54 Å². The first-order chi connectivity index (χ1) is 9.67. The summed E-state index contributed by atoms with van der Waals surface area (Å²) in [5.74, 6) is 0. The number of amides is 1. The third kappa shape index (κ3) is 7.13. The number of carbonyl (C=O) groups excluding carboxylic acids is 1. The lowest BCUT2D eigenvalue weighted by atomic mass is 10.2. The van der Waals surface area contributed by atoms with E-state index >= 15 is 0 Å². The minimum absolute atomic E-state index is 0.153. The normalized spacial score (nSPS) is 13.3. The summed E-state index contributed by atoms with van der Waals surface area (Å²) < 4.78 is 7.12. The van der Waals surface area contributed by atoms with Crippen LogP contribution in [0.1, 0.15) is 53.1 Å². The van der Waals surface area contributed by atoms with Gasteiger partial charge in [-0.2, -0.15) is 5.10 Å². The zero-order valence-electron chi connectivity index (χ0n) is 13.9. The van der Waals surface area contributed by atoms with Crippen LogP contribution >= 0.6 is 0 Å². The standard InChI is InChI=1S/C15H28N4O2/c1-11(2)19-10-13(9-18-19)8-16-12(3)7-17-14(20)21-15(4,5)6/h9-12,16H,7-8H2,1-6H3,(H,17,20). The molecule has 0 bridgehead atoms. The van der Waals surface area contributed by atoms with Gasteiger partial charge in [-0.25, -0.2) is 4.79 Å². The number of carbonyl (C=O) groups is 1. The first-order valence-corrected chi connectivity index (χ1v) is 7.40. The molecular weight excluding hydrogens is 268 g/mol. The van der Waals surface area contributed by atoms with E-state index in [1.165, 1.54) is 0 Å². The lowest BCUT2D eigenvalue weighted by Crippen LogP contribution is -2.40. The zero-order chi connectivity index (χ0) is 16.0. The second-order valence-electron chi connectivity index (χ2n) is 6.59. The van der Waals surface area contributed by atoms with E-state index in [4.69, 9.17) is 4.74 Å². The average Bonchev–Trinajstić information content (AvgIpc) is 2.80. The first-order valence-electron chi connectivity index (χ1n) is 7.40. The average molecular weight is 296 g/mol. The number of nitrogens with zero attached hydrogens (tertiary/aromatic N) is 2. The van der Waals surface area contributed by atoms with Crippen LogP contribution in [0.4, 0.5) is 4.79 Å². The van der Waals surface area contributed by atoms with Crippen LogP contribution in [0.25, 0.3) is 0 Å². The molecule has 2 N–H and O–H groups in total. The SMILES string of the molecule is CC(CNC(=O)OC(C)(C)C)NCc1cnn(C(C)C)c1. The molecule has 6 nitrogen and oxygen atoms in total. The Labute approximate surface area is 127 Å². The fourth-order valence-corrected chi connectivity index (χ4v) is 1.67. The molecule has 0 fully saturated rings. The van der Waals surface area contributed by atoms with Crippen LogP contribution < -0.4 is 10.6 Å². The highest BCUT2D eigenvalue weighted by Gasteiger charge is 2.16. The molecule has 1 heterocycles. The lowest BCUT2D eigenvalue weighted by molar-refractivity contribution is 0.0523. The highest BCUT2D eigenvalue weighted by Crippen LogP contribution is 2.07. The van der Waals surface area contributed by atoms with Crippen molar-refractivity contribution in [1.29, 1.82) is 0 Å². The van der Waals surface area contributed by atoms with Gasteiger partial charge in [-0.3, -0.25) is 4.68 Å². The van der Waals surface area contributed by atoms with E-state index in [0.29, 0.717) is 12.6 Å². The Morgan fingerprint density at radius 3 is 2.57 bits per heavy atom. The minimum atomic E-state index is -0.466. The van der Waals surface area contributed by atoms with Crippen LogP contribution in [-0.2, 0) is 11.3 Å². The summed E-state index contributed by atoms with van der Waals surface area (Å²) in [6, 6.07) is 0.518. The summed E-state index contributed by atoms with van der Waals surface area (Å²) >= 11 is 0. The second-order valence-corrected chi connectivity index (χ2v) is 6.59. The predicted octanol–water partition coefficient (Wildman–Crippen LogP) is 2.47. The Kier molecular flexibility index (Phi) is 6.20. The van der Waals surface area contributed by atoms with Crippen molar-refractivity contribution in [2.45, 2.75) is 65.8 Å². The predicted molar refractivity (Wildman–Crippen MR) is 83.2 cm³/mol. The van der Waals surface area contributed by atoms with Crippen LogP contribution in [0, 0.1) is 0 Å². The molecule has 0 aromatic carbocycles. The smallest absolute Gasteiger partial charge is 0.407 e. The number of hydrogen-bond donors (Lipinski definition) is 2. The van der Waals surface area contributed by atoms with Gasteiger partial charge in [0, 0.05) is 36.9 Å². The van der Waals surface area contributed by atoms with E-state index in [2.05, 4.69) is 29.6 Å². The van der Waals surface area contributed by atoms with Gasteiger partial charge in [0.15, 0.2) is 0 Å². The molecule has 6 heteroatoms. The molecule has 0 aliphatic carbocycles. The quantitative estimate of drug-likeness (QED) is 0.846. The number of aromatic nitrogens is 2. The maximum absolute atomic E-state index is 11.5. The van der Waals surface area contributed by atoms with E-state index in [1.54, 1.807) is 0 Å². The van der Waals surface area contributed by atoms with Gasteiger partial charge in [0.05, 0.1) is 6.20 Å². The van der Waals surface area contributed by atoms with Crippen LogP contribution in [0.5, 0.6) is 0 Å². The van der Waals surface area contributed by atoms with Crippen molar-refractivity contribution in [2.24, 2.45) is 0 Å². The molecule has 0 saturated carbocycles. The van der Waals surface area contributed by atoms with E-state index in [-0.39, 0.29) is 12.1 Å². The molecule has 1 aromatic rings. The van der Waals surface area contributed by atoms with Gasteiger partial charge in [0.2, 0.25) is 0 Å². The van der Waals surface area contributed by atoms with Crippen LogP contribution in [0.3, 0.4) is 0 Å². The topological polar surface area (TPSA) is 68.2 Å². The van der Waals surface area contributed by atoms with Crippen molar-refractivity contribution in [1.82, 2.24) is 20.4 Å². The van der Waals surface area contributed by atoms with Crippen molar-refractivity contribution in [3.8, 4) is 0 Å². The Morgan fingerprint density at radius 2 is 2.05 bits per heavy atom. The number of rotatable bonds is 6. The number of alkyl carbamates (subject to hydrolysis) is 1. The van der Waals surface area contributed by atoms with Gasteiger partial charge in [0.25, 0.3) is 0 Å². The van der Waals surface area contributed by atoms with Gasteiger partial charge in [0.1, 0.15) is 5.60 Å². The molecule has 1 amide bonds. The Hall–Kier alpha value is -1.56. The third-order valence-corrected chi connectivity index (χ3v) is 2.79. The van der Waals surface area contributed by atoms with Gasteiger partial charge in [-0.1, -0.05) is 0 Å². The van der Waals surface area contributed by atoms with E-state index in [1.807, 2.05) is 44.8 Å². The molecule has 1 rings (SSSR count). The third-order valence-electron chi connectivity index (χ3n) is 2.79. The minimum Gasteiger partial charge on any atom is -0.444 e. The summed E-state index contributed by atoms with van der Waals surface area (Å²) in [6.45, 7) is 13.0. The summed E-state index contributed by atoms with van der Waals surface area (Å²) in [5, 5.41) is 10.4. The van der Waals surface area contributed by atoms with Crippen molar-refractivity contribution >= 4 is 6.09 Å². The molecule has 21 heavy (non-hydrogen) atoms. The van der Waals surface area contributed by atoms with Crippen LogP contribution in [-0.4, -0.2) is 34.1 Å². The highest BCUT2D eigenvalue weighted by molar-refractivity contribution is 5.67. The van der Waals surface area contributed by atoms with E-state index in [9.17, 15) is 4.79 Å². The van der Waals surface area contributed by atoms with Gasteiger partial charge < -0.3 is 15.4 Å². The highest BCUT2D eigenvalue weighted by atomic mass is 16.6. The molecule has 0 spiro atoms. The van der Waals surface area contributed by atoms with Crippen LogP contribution in [0.2, 0.25) is 0 Å². The lowest BCUT2D eigenvalue weighted by Gasteiger charge is -2.21. The number of nitrogens with one attached hydrogen (secondary N) is 2. The molecule has 0 radical (unpaired) electrons. The molecule has 0 aliphatic rings. The molecule has 0 aliphatic heterocycles. The van der Waals surface area contributed by atoms with Crippen molar-refractivity contribution in [3.63, 3.8) is 0 Å². The fourth-order valence-electron chi connectivity index (χ4n) is 1.67. The molecule has 1 atom stereocenters. The molecular formula is C15H28N4O2. The number of ether oxygens (including phenoxy) is 1. The summed E-state index contributed by atoms with van der Waals surface area (Å²) in [4.78, 5) is 11.5. The summed E-state index contributed by atoms with van der Waals surface area (Å²) in [5.41, 5.74) is 0.666. The van der Waals surface area contributed by atoms with Gasteiger partial charge in [-0.15, -0.1) is 0 Å². The number of hydrogen-bond acceptors (Lipinski definition) is 4. The monoisotopic (exact) mass is 296 g/mol. The summed E-state index contributed by atoms with van der Waals surface area (Å²) in [6.07, 6.45) is 3.51. The van der Waals surface area contributed by atoms with Crippen molar-refractivity contribution in [3.05, 3.63) is 18.0 Å². The van der Waals surface area contributed by atoms with Crippen molar-refractivity contribution < 1.29 is 9.53 Å². The maximum Gasteiger partial charge on any atom is 0.407 e. The maximum atomic E-state index is 11.5. The van der Waals surface area contributed by atoms with Gasteiger partial charge >= 0.3 is 6.09 Å². The second kappa shape index (κ2) is 7.45. The fraction of sp³-hybridized carbons (Fsp3) is 0.733. The Balaban J connectivity index is 2.27. The molecule has 0 saturated heterocycles. The summed E-state index contributed by atoms with van der Waals surface area (Å²) in [7, 11) is 0. The first kappa shape index (κ1) is 17.5. The van der Waals surface area contributed by atoms with E-state index < -0.39 is 5.60 Å². The Morgan fingerprint density at radius 1 is 1.38 bits per heavy atom. The molecule has 1 unspecified atom stereocenters. The molecule has 1 aromatic heterocycles. The van der Waals surface area contributed by atoms with Gasteiger partial charge in [-0.05, 0) is 41.5 Å². The zero-order valence-corrected chi connectivity index (χ0v) is 13.9. The largest absolute Gasteiger partial charge is 0.444 e. The Bertz CT molecular complexity index is 449. The van der Waals surface area contributed by atoms with E-state index in [0.717, 1.165) is 12.1 Å².